The van der Waals surface area contributed by atoms with Gasteiger partial charge in [-0.05, 0) is 13.8 Å². The molecule has 3 unspecified atom stereocenters. The minimum absolute atomic E-state index is 0.133. The van der Waals surface area contributed by atoms with Crippen molar-refractivity contribution in [3.8, 4) is 0 Å². The topological polar surface area (TPSA) is 69.5 Å². The maximum Gasteiger partial charge on any atom is 0.164 e. The van der Waals surface area contributed by atoms with Gasteiger partial charge in [0, 0.05) is 19.7 Å². The van der Waals surface area contributed by atoms with E-state index in [1.807, 2.05) is 13.8 Å². The molecule has 6 heteroatoms. The van der Waals surface area contributed by atoms with E-state index >= 15 is 0 Å². The second-order valence-electron chi connectivity index (χ2n) is 4.45. The Morgan fingerprint density at radius 3 is 2.78 bits per heavy atom. The van der Waals surface area contributed by atoms with Gasteiger partial charge in [-0.3, -0.25) is 0 Å². The van der Waals surface area contributed by atoms with E-state index in [9.17, 15) is 0 Å². The molecule has 0 bridgehead atoms. The van der Waals surface area contributed by atoms with Gasteiger partial charge in [-0.1, -0.05) is 6.08 Å². The van der Waals surface area contributed by atoms with Crippen LogP contribution in [-0.2, 0) is 18.9 Å². The third-order valence-electron chi connectivity index (χ3n) is 2.58. The maximum atomic E-state index is 8.50. The van der Waals surface area contributed by atoms with E-state index < -0.39 is 5.79 Å². The second kappa shape index (κ2) is 6.84. The molecule has 0 aromatic heterocycles. The first-order valence-electron chi connectivity index (χ1n) is 5.78. The molecule has 0 aliphatic carbocycles. The van der Waals surface area contributed by atoms with Gasteiger partial charge >= 0.3 is 0 Å². The van der Waals surface area contributed by atoms with Crippen molar-refractivity contribution >= 4 is 6.21 Å². The first-order chi connectivity index (χ1) is 8.54. The molecule has 18 heavy (non-hydrogen) atoms. The summed E-state index contributed by atoms with van der Waals surface area (Å²) in [6, 6.07) is 0. The van der Waals surface area contributed by atoms with E-state index in [0.29, 0.717) is 6.42 Å². The van der Waals surface area contributed by atoms with Crippen molar-refractivity contribution in [3.63, 3.8) is 0 Å². The van der Waals surface area contributed by atoms with Gasteiger partial charge in [0.15, 0.2) is 5.79 Å². The van der Waals surface area contributed by atoms with Gasteiger partial charge in [0.1, 0.15) is 19.0 Å². The minimum Gasteiger partial charge on any atom is -0.411 e. The second-order valence-corrected chi connectivity index (χ2v) is 4.45. The Morgan fingerprint density at radius 1 is 1.50 bits per heavy atom. The number of rotatable bonds is 7. The zero-order valence-electron chi connectivity index (χ0n) is 11.0. The predicted molar refractivity (Wildman–Crippen MR) is 65.7 cm³/mol. The zero-order chi connectivity index (χ0) is 13.6. The van der Waals surface area contributed by atoms with Gasteiger partial charge in [-0.2, -0.15) is 0 Å². The zero-order valence-corrected chi connectivity index (χ0v) is 11.0. The summed E-state index contributed by atoms with van der Waals surface area (Å²) in [6.45, 7) is 7.52. The van der Waals surface area contributed by atoms with Crippen molar-refractivity contribution in [2.24, 2.45) is 5.16 Å². The van der Waals surface area contributed by atoms with E-state index in [2.05, 4.69) is 11.7 Å². The highest BCUT2D eigenvalue weighted by Crippen LogP contribution is 2.32. The molecule has 1 saturated heterocycles. The Hall–Kier alpha value is -0.950. The highest BCUT2D eigenvalue weighted by atomic mass is 16.8. The van der Waals surface area contributed by atoms with Gasteiger partial charge < -0.3 is 24.2 Å². The largest absolute Gasteiger partial charge is 0.411 e. The molecular formula is C12H21NO5. The van der Waals surface area contributed by atoms with Crippen molar-refractivity contribution in [2.75, 3.05) is 13.9 Å². The van der Waals surface area contributed by atoms with Crippen LogP contribution in [-0.4, -0.2) is 49.4 Å². The third-order valence-corrected chi connectivity index (χ3v) is 2.58. The highest BCUT2D eigenvalue weighted by Gasteiger charge is 2.44. The number of ether oxygens (including phenoxy) is 4. The predicted octanol–water partition coefficient (Wildman–Crippen LogP) is 1.53. The summed E-state index contributed by atoms with van der Waals surface area (Å²) >= 11 is 0. The lowest BCUT2D eigenvalue weighted by Crippen LogP contribution is -2.37. The van der Waals surface area contributed by atoms with Crippen LogP contribution < -0.4 is 0 Å². The maximum absolute atomic E-state index is 8.50. The van der Waals surface area contributed by atoms with Crippen molar-refractivity contribution in [1.29, 1.82) is 0 Å². The summed E-state index contributed by atoms with van der Waals surface area (Å²) in [5.41, 5.74) is 0. The van der Waals surface area contributed by atoms with Crippen LogP contribution in [0, 0.1) is 0 Å². The molecule has 1 N–H and O–H groups in total. The highest BCUT2D eigenvalue weighted by molar-refractivity contribution is 5.57. The molecule has 1 rings (SSSR count). The quantitative estimate of drug-likeness (QED) is 0.247. The lowest BCUT2D eigenvalue weighted by molar-refractivity contribution is -0.168. The third kappa shape index (κ3) is 4.06. The van der Waals surface area contributed by atoms with E-state index in [1.165, 1.54) is 13.3 Å². The molecule has 1 aliphatic heterocycles. The first kappa shape index (κ1) is 15.1. The van der Waals surface area contributed by atoms with Gasteiger partial charge in [0.25, 0.3) is 0 Å². The van der Waals surface area contributed by atoms with E-state index in [-0.39, 0.29) is 25.1 Å². The average molecular weight is 259 g/mol. The molecule has 0 aromatic rings. The van der Waals surface area contributed by atoms with E-state index in [4.69, 9.17) is 24.2 Å². The molecule has 104 valence electrons. The molecule has 0 spiro atoms. The van der Waals surface area contributed by atoms with Gasteiger partial charge in [0.2, 0.25) is 0 Å². The lowest BCUT2D eigenvalue weighted by atomic mass is 10.1. The Kier molecular flexibility index (Phi) is 5.74. The molecule has 0 saturated carbocycles. The van der Waals surface area contributed by atoms with Crippen molar-refractivity contribution in [1.82, 2.24) is 0 Å². The van der Waals surface area contributed by atoms with Crippen LogP contribution in [0.1, 0.15) is 20.3 Å². The number of oxime groups is 1. The summed E-state index contributed by atoms with van der Waals surface area (Å²) in [5, 5.41) is 11.5. The Morgan fingerprint density at radius 2 is 2.22 bits per heavy atom. The summed E-state index contributed by atoms with van der Waals surface area (Å²) in [6.07, 6.45) is 2.52. The summed E-state index contributed by atoms with van der Waals surface area (Å²) in [4.78, 5) is 0. The molecule has 3 atom stereocenters. The fourth-order valence-corrected chi connectivity index (χ4v) is 1.89. The van der Waals surface area contributed by atoms with E-state index in [0.717, 1.165) is 0 Å². The Bertz CT molecular complexity index is 292. The SMILES string of the molecule is C=CC1OC(C)(C)OC1C(CC=NO)OCOC. The van der Waals surface area contributed by atoms with Crippen LogP contribution in [0.3, 0.4) is 0 Å². The lowest BCUT2D eigenvalue weighted by Gasteiger charge is -2.24. The van der Waals surface area contributed by atoms with Crippen molar-refractivity contribution < 1.29 is 24.2 Å². The molecule has 1 fully saturated rings. The average Bonchev–Trinajstić information content (AvgIpc) is 2.65. The van der Waals surface area contributed by atoms with Crippen LogP contribution >= 0.6 is 0 Å². The van der Waals surface area contributed by atoms with Crippen LogP contribution in [0.25, 0.3) is 0 Å². The Balaban J connectivity index is 2.72. The number of nitrogens with zero attached hydrogens (tertiary/aromatic N) is 1. The van der Waals surface area contributed by atoms with Crippen LogP contribution in [0.4, 0.5) is 0 Å². The Labute approximate surface area is 107 Å². The van der Waals surface area contributed by atoms with Crippen LogP contribution in [0.15, 0.2) is 17.8 Å². The van der Waals surface area contributed by atoms with Gasteiger partial charge in [0.05, 0.1) is 6.10 Å². The molecule has 6 nitrogen and oxygen atoms in total. The molecule has 0 aromatic carbocycles. The fraction of sp³-hybridized carbons (Fsp3) is 0.750. The summed E-state index contributed by atoms with van der Waals surface area (Å²) in [5.74, 6) is -0.686. The normalized spacial score (nSPS) is 28.6. The van der Waals surface area contributed by atoms with E-state index in [1.54, 1.807) is 6.08 Å². The first-order valence-corrected chi connectivity index (χ1v) is 5.78. The number of hydrogen-bond acceptors (Lipinski definition) is 6. The minimum atomic E-state index is -0.686. The molecule has 0 amide bonds. The van der Waals surface area contributed by atoms with Gasteiger partial charge in [-0.15, -0.1) is 11.7 Å². The molecule has 0 radical (unpaired) electrons. The standard InChI is InChI=1S/C12H21NO5/c1-5-9-11(18-12(2,3)17-9)10(6-7-13-14)16-8-15-4/h5,7,9-11,14H,1,6,8H2,2-4H3. The number of methoxy groups -OCH3 is 1. The monoisotopic (exact) mass is 259 g/mol. The summed E-state index contributed by atoms with van der Waals surface area (Å²) < 4.78 is 21.9. The smallest absolute Gasteiger partial charge is 0.164 e. The number of hydrogen-bond donors (Lipinski definition) is 1. The van der Waals surface area contributed by atoms with Crippen LogP contribution in [0.5, 0.6) is 0 Å². The van der Waals surface area contributed by atoms with Crippen LogP contribution in [0.2, 0.25) is 0 Å². The van der Waals surface area contributed by atoms with Crippen molar-refractivity contribution in [2.45, 2.75) is 44.4 Å². The van der Waals surface area contributed by atoms with Gasteiger partial charge in [-0.25, -0.2) is 0 Å². The molecule has 1 heterocycles. The fourth-order valence-electron chi connectivity index (χ4n) is 1.89. The summed E-state index contributed by atoms with van der Waals surface area (Å²) in [7, 11) is 1.54. The molecule has 1 aliphatic rings. The molecular weight excluding hydrogens is 238 g/mol. The van der Waals surface area contributed by atoms with Crippen molar-refractivity contribution in [3.05, 3.63) is 12.7 Å².